The first-order valence-electron chi connectivity index (χ1n) is 9.62. The van der Waals surface area contributed by atoms with Crippen molar-refractivity contribution in [2.45, 2.75) is 26.7 Å². The Morgan fingerprint density at radius 3 is 1.36 bits per heavy atom. The van der Waals surface area contributed by atoms with E-state index in [0.717, 1.165) is 22.5 Å². The second-order valence-corrected chi connectivity index (χ2v) is 6.12. The third-order valence-corrected chi connectivity index (χ3v) is 4.03. The summed E-state index contributed by atoms with van der Waals surface area (Å²) in [7, 11) is 0. The van der Waals surface area contributed by atoms with Crippen molar-refractivity contribution in [1.82, 2.24) is 0 Å². The molecule has 0 aromatic heterocycles. The minimum atomic E-state index is -0.192. The van der Waals surface area contributed by atoms with Gasteiger partial charge < -0.3 is 20.1 Å². The number of ether oxygens (including phenoxy) is 2. The number of nitrogens with one attached hydrogen (secondary N) is 2. The molecule has 0 aliphatic rings. The van der Waals surface area contributed by atoms with Crippen LogP contribution in [-0.2, 0) is 19.1 Å². The van der Waals surface area contributed by atoms with E-state index < -0.39 is 0 Å². The number of rotatable bonds is 11. The molecule has 0 atom stereocenters. The highest BCUT2D eigenvalue weighted by Crippen LogP contribution is 2.23. The molecule has 0 saturated heterocycles. The number of carbonyl (C=O) groups excluding carboxylic acids is 2. The Labute approximate surface area is 166 Å². The van der Waals surface area contributed by atoms with Gasteiger partial charge in [-0.15, -0.1) is 0 Å². The molecule has 0 spiro atoms. The van der Waals surface area contributed by atoms with Crippen LogP contribution in [0.25, 0.3) is 11.1 Å². The van der Waals surface area contributed by atoms with Crippen LogP contribution in [0.3, 0.4) is 0 Å². The Morgan fingerprint density at radius 1 is 0.679 bits per heavy atom. The molecule has 6 heteroatoms. The van der Waals surface area contributed by atoms with Crippen LogP contribution in [0.5, 0.6) is 0 Å². The molecule has 6 nitrogen and oxygen atoms in total. The molecule has 2 rings (SSSR count). The number of benzene rings is 2. The Balaban J connectivity index is 1.81. The molecular formula is C22H28N2O4. The summed E-state index contributed by atoms with van der Waals surface area (Å²) in [5.41, 5.74) is 4.14. The Bertz CT molecular complexity index is 677. The maximum absolute atomic E-state index is 11.3. The minimum Gasteiger partial charge on any atom is -0.466 e. The topological polar surface area (TPSA) is 76.7 Å². The molecule has 2 aromatic carbocycles. The Hall–Kier alpha value is -3.02. The van der Waals surface area contributed by atoms with Gasteiger partial charge in [0.15, 0.2) is 0 Å². The summed E-state index contributed by atoms with van der Waals surface area (Å²) in [6.45, 7) is 5.52. The van der Waals surface area contributed by atoms with E-state index in [1.165, 1.54) is 0 Å². The van der Waals surface area contributed by atoms with Crippen LogP contribution in [0.2, 0.25) is 0 Å². The van der Waals surface area contributed by atoms with Crippen molar-refractivity contribution < 1.29 is 19.1 Å². The van der Waals surface area contributed by atoms with Gasteiger partial charge in [-0.25, -0.2) is 0 Å². The van der Waals surface area contributed by atoms with Gasteiger partial charge in [0.05, 0.1) is 26.1 Å². The Morgan fingerprint density at radius 2 is 1.04 bits per heavy atom. The minimum absolute atomic E-state index is 0.192. The second kappa shape index (κ2) is 11.6. The van der Waals surface area contributed by atoms with E-state index in [-0.39, 0.29) is 11.9 Å². The molecule has 2 aromatic rings. The fourth-order valence-electron chi connectivity index (χ4n) is 2.65. The average Bonchev–Trinajstić information content (AvgIpc) is 2.70. The van der Waals surface area contributed by atoms with E-state index in [1.807, 2.05) is 48.5 Å². The van der Waals surface area contributed by atoms with E-state index in [0.29, 0.717) is 39.1 Å². The molecule has 0 radical (unpaired) electrons. The highest BCUT2D eigenvalue weighted by Gasteiger charge is 2.03. The molecule has 2 N–H and O–H groups in total. The molecule has 0 bridgehead atoms. The third-order valence-electron chi connectivity index (χ3n) is 4.03. The summed E-state index contributed by atoms with van der Waals surface area (Å²) in [5.74, 6) is -0.384. The fraction of sp³-hybridized carbons (Fsp3) is 0.364. The van der Waals surface area contributed by atoms with Gasteiger partial charge in [-0.05, 0) is 49.2 Å². The lowest BCUT2D eigenvalue weighted by Crippen LogP contribution is -2.11. The van der Waals surface area contributed by atoms with E-state index in [9.17, 15) is 9.59 Å². The van der Waals surface area contributed by atoms with Gasteiger partial charge >= 0.3 is 11.9 Å². The van der Waals surface area contributed by atoms with Crippen molar-refractivity contribution in [3.63, 3.8) is 0 Å². The molecule has 0 amide bonds. The standard InChI is InChI=1S/C22H28N2O4/c1-3-27-21(25)13-15-23-19-9-5-17(6-10-19)18-7-11-20(12-8-18)24-16-14-22(26)28-4-2/h5-12,23-24H,3-4,13-16H2,1-2H3. The number of hydrogen-bond acceptors (Lipinski definition) is 6. The van der Waals surface area contributed by atoms with Crippen LogP contribution >= 0.6 is 0 Å². The second-order valence-electron chi connectivity index (χ2n) is 6.12. The van der Waals surface area contributed by atoms with Crippen LogP contribution in [0.15, 0.2) is 48.5 Å². The van der Waals surface area contributed by atoms with Crippen molar-refractivity contribution in [3.8, 4) is 11.1 Å². The maximum atomic E-state index is 11.3. The zero-order chi connectivity index (χ0) is 20.2. The van der Waals surface area contributed by atoms with Crippen LogP contribution in [0, 0.1) is 0 Å². The molecule has 0 aliphatic carbocycles. The molecule has 0 unspecified atom stereocenters. The summed E-state index contributed by atoms with van der Waals surface area (Å²) in [6, 6.07) is 16.1. The zero-order valence-corrected chi connectivity index (χ0v) is 16.5. The normalized spacial score (nSPS) is 10.2. The summed E-state index contributed by atoms with van der Waals surface area (Å²) in [4.78, 5) is 22.7. The highest BCUT2D eigenvalue weighted by atomic mass is 16.5. The first-order chi connectivity index (χ1) is 13.6. The van der Waals surface area contributed by atoms with Crippen molar-refractivity contribution in [1.29, 1.82) is 0 Å². The smallest absolute Gasteiger partial charge is 0.307 e. The van der Waals surface area contributed by atoms with Crippen LogP contribution in [0.1, 0.15) is 26.7 Å². The van der Waals surface area contributed by atoms with Crippen LogP contribution < -0.4 is 10.6 Å². The highest BCUT2D eigenvalue weighted by molar-refractivity contribution is 5.71. The third kappa shape index (κ3) is 7.31. The summed E-state index contributed by atoms with van der Waals surface area (Å²) in [5, 5.41) is 6.43. The number of anilines is 2. The molecule has 0 saturated carbocycles. The van der Waals surface area contributed by atoms with Gasteiger partial charge in [-0.2, -0.15) is 0 Å². The maximum Gasteiger partial charge on any atom is 0.307 e. The predicted molar refractivity (Wildman–Crippen MR) is 111 cm³/mol. The summed E-state index contributed by atoms with van der Waals surface area (Å²) >= 11 is 0. The van der Waals surface area contributed by atoms with Gasteiger partial charge in [-0.3, -0.25) is 9.59 Å². The number of carbonyl (C=O) groups is 2. The average molecular weight is 384 g/mol. The quantitative estimate of drug-likeness (QED) is 0.569. The largest absolute Gasteiger partial charge is 0.466 e. The lowest BCUT2D eigenvalue weighted by Gasteiger charge is -2.09. The monoisotopic (exact) mass is 384 g/mol. The Kier molecular flexibility index (Phi) is 8.85. The predicted octanol–water partition coefficient (Wildman–Crippen LogP) is 4.08. The molecule has 150 valence electrons. The first kappa shape index (κ1) is 21.3. The van der Waals surface area contributed by atoms with Gasteiger partial charge in [0.25, 0.3) is 0 Å². The van der Waals surface area contributed by atoms with E-state index in [1.54, 1.807) is 13.8 Å². The molecular weight excluding hydrogens is 356 g/mol. The van der Waals surface area contributed by atoms with Gasteiger partial charge in [0.1, 0.15) is 0 Å². The van der Waals surface area contributed by atoms with Crippen LogP contribution in [-0.4, -0.2) is 38.2 Å². The lowest BCUT2D eigenvalue weighted by molar-refractivity contribution is -0.143. The van der Waals surface area contributed by atoms with Gasteiger partial charge in [-0.1, -0.05) is 24.3 Å². The molecule has 0 aliphatic heterocycles. The zero-order valence-electron chi connectivity index (χ0n) is 16.5. The molecule has 28 heavy (non-hydrogen) atoms. The van der Waals surface area contributed by atoms with E-state index in [4.69, 9.17) is 9.47 Å². The van der Waals surface area contributed by atoms with Crippen molar-refractivity contribution >= 4 is 23.3 Å². The van der Waals surface area contributed by atoms with Crippen molar-refractivity contribution in [2.24, 2.45) is 0 Å². The first-order valence-corrected chi connectivity index (χ1v) is 9.62. The SMILES string of the molecule is CCOC(=O)CCNc1ccc(-c2ccc(NCCC(=O)OCC)cc2)cc1. The van der Waals surface area contributed by atoms with E-state index in [2.05, 4.69) is 10.6 Å². The van der Waals surface area contributed by atoms with Crippen molar-refractivity contribution in [2.75, 3.05) is 36.9 Å². The van der Waals surface area contributed by atoms with E-state index >= 15 is 0 Å². The van der Waals surface area contributed by atoms with Crippen LogP contribution in [0.4, 0.5) is 11.4 Å². The summed E-state index contributed by atoms with van der Waals surface area (Å²) < 4.78 is 9.81. The molecule has 0 heterocycles. The fourth-order valence-corrected chi connectivity index (χ4v) is 2.65. The number of hydrogen-bond donors (Lipinski definition) is 2. The number of esters is 2. The van der Waals surface area contributed by atoms with Gasteiger partial charge in [0, 0.05) is 24.5 Å². The lowest BCUT2D eigenvalue weighted by atomic mass is 10.0. The molecule has 0 fully saturated rings. The van der Waals surface area contributed by atoms with Gasteiger partial charge in [0.2, 0.25) is 0 Å². The van der Waals surface area contributed by atoms with Crippen molar-refractivity contribution in [3.05, 3.63) is 48.5 Å². The summed E-state index contributed by atoms with van der Waals surface area (Å²) in [6.07, 6.45) is 0.695.